The van der Waals surface area contributed by atoms with Crippen LogP contribution in [0.1, 0.15) is 13.8 Å². The van der Waals surface area contributed by atoms with E-state index in [1.807, 2.05) is 18.9 Å². The van der Waals surface area contributed by atoms with Crippen LogP contribution >= 0.6 is 0 Å². The van der Waals surface area contributed by atoms with E-state index in [4.69, 9.17) is 0 Å². The zero-order valence-corrected chi connectivity index (χ0v) is 7.51. The fourth-order valence-corrected chi connectivity index (χ4v) is 0.943. The van der Waals surface area contributed by atoms with E-state index < -0.39 is 0 Å². The van der Waals surface area contributed by atoms with Gasteiger partial charge in [0.25, 0.3) is 0 Å². The van der Waals surface area contributed by atoms with Gasteiger partial charge in [0.15, 0.2) is 0 Å². The van der Waals surface area contributed by atoms with Gasteiger partial charge in [-0.1, -0.05) is 0 Å². The second kappa shape index (κ2) is 3.44. The molecule has 0 saturated heterocycles. The molecular weight excluding hydrogens is 156 g/mol. The van der Waals surface area contributed by atoms with Gasteiger partial charge in [-0.3, -0.25) is 4.79 Å². The lowest BCUT2D eigenvalue weighted by atomic mass is 10.4. The van der Waals surface area contributed by atoms with Crippen molar-refractivity contribution in [2.24, 2.45) is 0 Å². The lowest BCUT2D eigenvalue weighted by molar-refractivity contribution is -0.118. The van der Waals surface area contributed by atoms with Crippen LogP contribution < -0.4 is 16.2 Å². The van der Waals surface area contributed by atoms with Gasteiger partial charge in [0.1, 0.15) is 5.82 Å². The van der Waals surface area contributed by atoms with Crippen LogP contribution in [0.15, 0.2) is 12.0 Å². The highest BCUT2D eigenvalue weighted by Gasteiger charge is 2.15. The Labute approximate surface area is 71.8 Å². The summed E-state index contributed by atoms with van der Waals surface area (Å²) in [6.45, 7) is 3.48. The first-order valence-corrected chi connectivity index (χ1v) is 3.83. The predicted molar refractivity (Wildman–Crippen MR) is 45.4 cm³/mol. The molecule has 0 aromatic heterocycles. The van der Waals surface area contributed by atoms with E-state index >= 15 is 0 Å². The molecule has 1 aliphatic heterocycles. The smallest absolute Gasteiger partial charge is 0.222 e. The van der Waals surface area contributed by atoms with Crippen LogP contribution in [0, 0.1) is 0 Å². The number of hydrogen-bond donors (Lipinski definition) is 3. The van der Waals surface area contributed by atoms with Gasteiger partial charge in [0.2, 0.25) is 5.91 Å². The molecule has 12 heavy (non-hydrogen) atoms. The maximum atomic E-state index is 10.7. The van der Waals surface area contributed by atoms with Crippen molar-refractivity contribution in [2.75, 3.05) is 7.05 Å². The minimum Gasteiger partial charge on any atom is -0.343 e. The van der Waals surface area contributed by atoms with Crippen molar-refractivity contribution in [2.45, 2.75) is 20.0 Å². The number of nitrogens with zero attached hydrogens (tertiary/aromatic N) is 1. The highest BCUT2D eigenvalue weighted by molar-refractivity contribution is 5.74. The van der Waals surface area contributed by atoms with Crippen LogP contribution in [0.2, 0.25) is 0 Å². The van der Waals surface area contributed by atoms with Crippen LogP contribution in [0.3, 0.4) is 0 Å². The van der Waals surface area contributed by atoms with Gasteiger partial charge in [-0.25, -0.2) is 5.43 Å². The molecule has 5 nitrogen and oxygen atoms in total. The van der Waals surface area contributed by atoms with E-state index in [0.29, 0.717) is 0 Å². The normalized spacial score (nSPS) is 22.8. The van der Waals surface area contributed by atoms with Crippen molar-refractivity contribution >= 4 is 5.91 Å². The maximum absolute atomic E-state index is 10.7. The summed E-state index contributed by atoms with van der Waals surface area (Å²) >= 11 is 0. The van der Waals surface area contributed by atoms with E-state index in [-0.39, 0.29) is 12.1 Å². The third kappa shape index (κ3) is 1.88. The summed E-state index contributed by atoms with van der Waals surface area (Å²) in [5.41, 5.74) is 5.84. The molecule has 1 rings (SSSR count). The van der Waals surface area contributed by atoms with E-state index in [0.717, 1.165) is 5.82 Å². The van der Waals surface area contributed by atoms with Crippen LogP contribution in [-0.2, 0) is 4.79 Å². The summed E-state index contributed by atoms with van der Waals surface area (Å²) in [7, 11) is 1.90. The minimum absolute atomic E-state index is 0.0657. The van der Waals surface area contributed by atoms with Gasteiger partial charge in [-0.05, 0) is 6.92 Å². The Balaban J connectivity index is 2.62. The molecule has 1 unspecified atom stereocenters. The van der Waals surface area contributed by atoms with Crippen LogP contribution in [0.4, 0.5) is 0 Å². The van der Waals surface area contributed by atoms with Gasteiger partial charge in [-0.2, -0.15) is 0 Å². The molecule has 0 saturated carbocycles. The fourth-order valence-electron chi connectivity index (χ4n) is 0.943. The van der Waals surface area contributed by atoms with Gasteiger partial charge < -0.3 is 15.6 Å². The zero-order chi connectivity index (χ0) is 9.14. The highest BCUT2D eigenvalue weighted by atomic mass is 16.1. The molecule has 5 heteroatoms. The molecule has 0 bridgehead atoms. The summed E-state index contributed by atoms with van der Waals surface area (Å²) in [6.07, 6.45) is 1.87. The maximum Gasteiger partial charge on any atom is 0.222 e. The first-order chi connectivity index (χ1) is 5.61. The monoisotopic (exact) mass is 170 g/mol. The summed E-state index contributed by atoms with van der Waals surface area (Å²) in [5.74, 6) is 0.706. The first kappa shape index (κ1) is 8.86. The predicted octanol–water partition coefficient (Wildman–Crippen LogP) is -0.693. The SMILES string of the molecule is CC(=O)NC1=CNNC(C)N1C. The van der Waals surface area contributed by atoms with Crippen LogP contribution in [-0.4, -0.2) is 24.0 Å². The van der Waals surface area contributed by atoms with Crippen molar-refractivity contribution in [1.82, 2.24) is 21.1 Å². The van der Waals surface area contributed by atoms with Crippen LogP contribution in [0.25, 0.3) is 0 Å². The largest absolute Gasteiger partial charge is 0.343 e. The number of nitrogens with one attached hydrogen (secondary N) is 3. The van der Waals surface area contributed by atoms with E-state index in [1.54, 1.807) is 6.20 Å². The molecular formula is C7H14N4O. The van der Waals surface area contributed by atoms with Gasteiger partial charge in [0, 0.05) is 14.0 Å². The van der Waals surface area contributed by atoms with E-state index in [1.165, 1.54) is 6.92 Å². The number of carbonyl (C=O) groups is 1. The Morgan fingerprint density at radius 2 is 2.42 bits per heavy atom. The second-order valence-corrected chi connectivity index (χ2v) is 2.79. The number of hydrazine groups is 1. The number of amides is 1. The van der Waals surface area contributed by atoms with E-state index in [2.05, 4.69) is 16.2 Å². The molecule has 1 aliphatic rings. The summed E-state index contributed by atoms with van der Waals surface area (Å²) in [4.78, 5) is 12.7. The molecule has 0 aliphatic carbocycles. The summed E-state index contributed by atoms with van der Waals surface area (Å²) < 4.78 is 0. The number of carbonyl (C=O) groups excluding carboxylic acids is 1. The van der Waals surface area contributed by atoms with Crippen molar-refractivity contribution in [3.63, 3.8) is 0 Å². The Kier molecular flexibility index (Phi) is 2.54. The minimum atomic E-state index is -0.0657. The highest BCUT2D eigenvalue weighted by Crippen LogP contribution is 2.03. The fraction of sp³-hybridized carbons (Fsp3) is 0.571. The standard InChI is InChI=1S/C7H14N4O/c1-5-10-8-4-7(11(5)3)9-6(2)12/h4-5,8,10H,1-3H3,(H,9,12). The molecule has 68 valence electrons. The average Bonchev–Trinajstić information content (AvgIpc) is 1.98. The Hall–Kier alpha value is -1.23. The quantitative estimate of drug-likeness (QED) is 0.487. The molecule has 0 fully saturated rings. The Morgan fingerprint density at radius 1 is 1.75 bits per heavy atom. The van der Waals surface area contributed by atoms with Gasteiger partial charge >= 0.3 is 0 Å². The lowest BCUT2D eigenvalue weighted by Gasteiger charge is -2.33. The summed E-state index contributed by atoms with van der Waals surface area (Å²) in [5, 5.41) is 2.71. The molecule has 0 radical (unpaired) electrons. The van der Waals surface area contributed by atoms with Crippen molar-refractivity contribution in [3.05, 3.63) is 12.0 Å². The average molecular weight is 170 g/mol. The van der Waals surface area contributed by atoms with Gasteiger partial charge in [0.05, 0.1) is 12.4 Å². The topological polar surface area (TPSA) is 56.4 Å². The number of hydrogen-bond acceptors (Lipinski definition) is 4. The molecule has 0 aromatic rings. The zero-order valence-electron chi connectivity index (χ0n) is 7.51. The second-order valence-electron chi connectivity index (χ2n) is 2.79. The van der Waals surface area contributed by atoms with E-state index in [9.17, 15) is 4.79 Å². The van der Waals surface area contributed by atoms with Crippen LogP contribution in [0.5, 0.6) is 0 Å². The van der Waals surface area contributed by atoms with Crippen molar-refractivity contribution in [1.29, 1.82) is 0 Å². The lowest BCUT2D eigenvalue weighted by Crippen LogP contribution is -2.53. The molecule has 0 aromatic carbocycles. The third-order valence-corrected chi connectivity index (χ3v) is 1.77. The Bertz CT molecular complexity index is 213. The molecule has 1 atom stereocenters. The first-order valence-electron chi connectivity index (χ1n) is 3.83. The third-order valence-electron chi connectivity index (χ3n) is 1.77. The number of rotatable bonds is 1. The Morgan fingerprint density at radius 3 is 3.00 bits per heavy atom. The van der Waals surface area contributed by atoms with Crippen molar-refractivity contribution in [3.8, 4) is 0 Å². The van der Waals surface area contributed by atoms with Gasteiger partial charge in [-0.15, -0.1) is 0 Å². The molecule has 0 spiro atoms. The molecule has 1 heterocycles. The molecule has 3 N–H and O–H groups in total. The summed E-state index contributed by atoms with van der Waals surface area (Å²) in [6, 6.07) is 0. The molecule has 1 amide bonds. The van der Waals surface area contributed by atoms with Crippen molar-refractivity contribution < 1.29 is 4.79 Å².